The van der Waals surface area contributed by atoms with E-state index in [2.05, 4.69) is 12.2 Å². The summed E-state index contributed by atoms with van der Waals surface area (Å²) in [6.07, 6.45) is 0.954. The van der Waals surface area contributed by atoms with Crippen LogP contribution in [0.15, 0.2) is 48.5 Å². The maximum absolute atomic E-state index is 12.2. The zero-order valence-electron chi connectivity index (χ0n) is 11.8. The van der Waals surface area contributed by atoms with Crippen molar-refractivity contribution in [3.8, 4) is 0 Å². The summed E-state index contributed by atoms with van der Waals surface area (Å²) in [5, 5.41) is 12.7. The van der Waals surface area contributed by atoms with Crippen molar-refractivity contribution in [2.24, 2.45) is 0 Å². The summed E-state index contributed by atoms with van der Waals surface area (Å²) in [5.74, 6) is -0.292. The van der Waals surface area contributed by atoms with Gasteiger partial charge >= 0.3 is 0 Å². The molecule has 110 valence electrons. The molecular weight excluding hydrogens is 286 g/mol. The van der Waals surface area contributed by atoms with Gasteiger partial charge in [-0.3, -0.25) is 4.79 Å². The van der Waals surface area contributed by atoms with Crippen LogP contribution in [-0.2, 0) is 6.42 Å². The fourth-order valence-corrected chi connectivity index (χ4v) is 2.32. The molecule has 2 aromatic carbocycles. The molecule has 2 aromatic rings. The van der Waals surface area contributed by atoms with Crippen LogP contribution in [-0.4, -0.2) is 17.6 Å². The highest BCUT2D eigenvalue weighted by atomic mass is 35.5. The predicted molar refractivity (Wildman–Crippen MR) is 84.6 cm³/mol. The lowest BCUT2D eigenvalue weighted by molar-refractivity contribution is 0.0916. The molecule has 0 radical (unpaired) electrons. The van der Waals surface area contributed by atoms with Crippen molar-refractivity contribution in [3.05, 3.63) is 70.2 Å². The lowest BCUT2D eigenvalue weighted by atomic mass is 10.0. The molecule has 4 heteroatoms. The number of carbonyl (C=O) groups excluding carboxylic acids is 1. The van der Waals surface area contributed by atoms with Gasteiger partial charge in [0.25, 0.3) is 5.91 Å². The number of aryl methyl sites for hydroxylation is 1. The van der Waals surface area contributed by atoms with Gasteiger partial charge in [0.05, 0.1) is 23.2 Å². The molecule has 0 aliphatic heterocycles. The second-order valence-corrected chi connectivity index (χ2v) is 5.19. The lowest BCUT2D eigenvalue weighted by Gasteiger charge is -2.17. The molecule has 3 nitrogen and oxygen atoms in total. The summed E-state index contributed by atoms with van der Waals surface area (Å²) in [4.78, 5) is 12.2. The molecule has 0 aliphatic carbocycles. The van der Waals surface area contributed by atoms with Crippen LogP contribution in [0.4, 0.5) is 0 Å². The van der Waals surface area contributed by atoms with E-state index in [-0.39, 0.29) is 12.5 Å². The van der Waals surface area contributed by atoms with E-state index >= 15 is 0 Å². The molecule has 0 saturated carbocycles. The number of hydrogen-bond acceptors (Lipinski definition) is 2. The molecule has 0 spiro atoms. The fourth-order valence-electron chi connectivity index (χ4n) is 2.10. The molecule has 0 fully saturated rings. The molecule has 0 bridgehead atoms. The van der Waals surface area contributed by atoms with E-state index in [4.69, 9.17) is 11.6 Å². The van der Waals surface area contributed by atoms with Crippen LogP contribution in [0.2, 0.25) is 5.02 Å². The van der Waals surface area contributed by atoms with E-state index in [0.717, 1.165) is 12.0 Å². The number of benzene rings is 2. The molecule has 21 heavy (non-hydrogen) atoms. The van der Waals surface area contributed by atoms with Gasteiger partial charge in [-0.1, -0.05) is 54.9 Å². The summed E-state index contributed by atoms with van der Waals surface area (Å²) in [6, 6.07) is 14.3. The highest BCUT2D eigenvalue weighted by molar-refractivity contribution is 6.33. The van der Waals surface area contributed by atoms with E-state index in [0.29, 0.717) is 10.6 Å². The maximum atomic E-state index is 12.2. The van der Waals surface area contributed by atoms with Crippen molar-refractivity contribution in [2.45, 2.75) is 19.4 Å². The van der Waals surface area contributed by atoms with Gasteiger partial charge in [-0.25, -0.2) is 0 Å². The normalized spacial score (nSPS) is 12.0. The van der Waals surface area contributed by atoms with E-state index < -0.39 is 6.04 Å². The zero-order valence-corrected chi connectivity index (χ0v) is 12.6. The van der Waals surface area contributed by atoms with E-state index in [1.165, 1.54) is 5.56 Å². The van der Waals surface area contributed by atoms with Gasteiger partial charge in [-0.05, 0) is 29.7 Å². The minimum Gasteiger partial charge on any atom is -0.394 e. The van der Waals surface area contributed by atoms with Gasteiger partial charge in [0.1, 0.15) is 0 Å². The number of amides is 1. The van der Waals surface area contributed by atoms with Crippen LogP contribution in [0.25, 0.3) is 0 Å². The maximum Gasteiger partial charge on any atom is 0.253 e. The van der Waals surface area contributed by atoms with Gasteiger partial charge in [-0.2, -0.15) is 0 Å². The number of halogens is 1. The van der Waals surface area contributed by atoms with Crippen molar-refractivity contribution in [3.63, 3.8) is 0 Å². The Morgan fingerprint density at radius 1 is 1.19 bits per heavy atom. The van der Waals surface area contributed by atoms with Crippen LogP contribution in [0.1, 0.15) is 34.5 Å². The number of carbonyl (C=O) groups is 1. The first-order valence-electron chi connectivity index (χ1n) is 6.90. The van der Waals surface area contributed by atoms with Crippen molar-refractivity contribution in [2.75, 3.05) is 6.61 Å². The molecule has 2 rings (SSSR count). The van der Waals surface area contributed by atoms with Gasteiger partial charge in [0, 0.05) is 0 Å². The summed E-state index contributed by atoms with van der Waals surface area (Å²) >= 11 is 6.01. The van der Waals surface area contributed by atoms with Crippen molar-refractivity contribution in [1.29, 1.82) is 0 Å². The fraction of sp³-hybridized carbons (Fsp3) is 0.235. The monoisotopic (exact) mass is 303 g/mol. The highest BCUT2D eigenvalue weighted by Crippen LogP contribution is 2.18. The summed E-state index contributed by atoms with van der Waals surface area (Å²) in [5.41, 5.74) is 2.49. The third kappa shape index (κ3) is 3.84. The molecule has 1 unspecified atom stereocenters. The van der Waals surface area contributed by atoms with Crippen molar-refractivity contribution < 1.29 is 9.90 Å². The first-order valence-corrected chi connectivity index (χ1v) is 7.28. The molecule has 0 heterocycles. The Hall–Kier alpha value is -1.84. The molecule has 0 aliphatic rings. The number of aliphatic hydroxyl groups excluding tert-OH is 1. The van der Waals surface area contributed by atoms with E-state index in [1.807, 2.05) is 24.3 Å². The first-order chi connectivity index (χ1) is 10.2. The van der Waals surface area contributed by atoms with Crippen LogP contribution in [0, 0.1) is 0 Å². The summed E-state index contributed by atoms with van der Waals surface area (Å²) in [7, 11) is 0. The predicted octanol–water partition coefficient (Wildman–Crippen LogP) is 3.37. The molecule has 1 amide bonds. The standard InChI is InChI=1S/C17H18ClNO2/c1-2-12-7-9-13(10-8-12)16(11-20)19-17(21)14-5-3-4-6-15(14)18/h3-10,16,20H,2,11H2,1H3,(H,19,21). The Morgan fingerprint density at radius 3 is 2.43 bits per heavy atom. The third-order valence-corrected chi connectivity index (χ3v) is 3.73. The first kappa shape index (κ1) is 15.5. The lowest BCUT2D eigenvalue weighted by Crippen LogP contribution is -2.31. The molecule has 2 N–H and O–H groups in total. The number of hydrogen-bond donors (Lipinski definition) is 2. The SMILES string of the molecule is CCc1ccc(C(CO)NC(=O)c2ccccc2Cl)cc1. The Morgan fingerprint density at radius 2 is 1.86 bits per heavy atom. The number of aliphatic hydroxyl groups is 1. The van der Waals surface area contributed by atoms with Crippen molar-refractivity contribution >= 4 is 17.5 Å². The van der Waals surface area contributed by atoms with E-state index in [1.54, 1.807) is 24.3 Å². The minimum absolute atomic E-state index is 0.165. The van der Waals surface area contributed by atoms with Crippen molar-refractivity contribution in [1.82, 2.24) is 5.32 Å². The summed E-state index contributed by atoms with van der Waals surface area (Å²) < 4.78 is 0. The smallest absolute Gasteiger partial charge is 0.253 e. The third-order valence-electron chi connectivity index (χ3n) is 3.40. The average Bonchev–Trinajstić information content (AvgIpc) is 2.53. The second-order valence-electron chi connectivity index (χ2n) is 4.78. The second kappa shape index (κ2) is 7.25. The summed E-state index contributed by atoms with van der Waals surface area (Å²) in [6.45, 7) is 1.92. The minimum atomic E-state index is -0.445. The number of nitrogens with one attached hydrogen (secondary N) is 1. The molecule has 1 atom stereocenters. The Balaban J connectivity index is 2.15. The van der Waals surface area contributed by atoms with Gasteiger partial charge in [0.2, 0.25) is 0 Å². The van der Waals surface area contributed by atoms with Crippen LogP contribution < -0.4 is 5.32 Å². The Labute approximate surface area is 129 Å². The van der Waals surface area contributed by atoms with Crippen LogP contribution in [0.5, 0.6) is 0 Å². The topological polar surface area (TPSA) is 49.3 Å². The van der Waals surface area contributed by atoms with Gasteiger partial charge < -0.3 is 10.4 Å². The molecule has 0 saturated heterocycles. The zero-order chi connectivity index (χ0) is 15.2. The quantitative estimate of drug-likeness (QED) is 0.890. The largest absolute Gasteiger partial charge is 0.394 e. The van der Waals surface area contributed by atoms with Crippen LogP contribution >= 0.6 is 11.6 Å². The molecular formula is C17H18ClNO2. The Bertz CT molecular complexity index is 610. The Kier molecular flexibility index (Phi) is 5.37. The van der Waals surface area contributed by atoms with Crippen LogP contribution in [0.3, 0.4) is 0 Å². The van der Waals surface area contributed by atoms with Gasteiger partial charge in [0.15, 0.2) is 0 Å². The average molecular weight is 304 g/mol. The highest BCUT2D eigenvalue weighted by Gasteiger charge is 2.16. The number of rotatable bonds is 5. The molecule has 0 aromatic heterocycles. The van der Waals surface area contributed by atoms with E-state index in [9.17, 15) is 9.90 Å². The van der Waals surface area contributed by atoms with Gasteiger partial charge in [-0.15, -0.1) is 0 Å².